The third-order valence-corrected chi connectivity index (χ3v) is 4.19. The van der Waals surface area contributed by atoms with E-state index in [1.807, 2.05) is 0 Å². The summed E-state index contributed by atoms with van der Waals surface area (Å²) in [6.45, 7) is 1.84. The van der Waals surface area contributed by atoms with E-state index in [4.69, 9.17) is 33.7 Å². The second-order valence-electron chi connectivity index (χ2n) is 5.30. The van der Waals surface area contributed by atoms with E-state index in [0.29, 0.717) is 26.5 Å². The van der Waals surface area contributed by atoms with Crippen LogP contribution in [0.4, 0.5) is 10.5 Å². The molecule has 0 atom stereocenters. The van der Waals surface area contributed by atoms with Crippen molar-refractivity contribution in [3.05, 3.63) is 63.8 Å². The van der Waals surface area contributed by atoms with E-state index in [-0.39, 0.29) is 18.0 Å². The highest BCUT2D eigenvalue weighted by atomic mass is 35.5. The van der Waals surface area contributed by atoms with Gasteiger partial charge in [-0.05, 0) is 37.3 Å². The molecule has 3 aromatic rings. The zero-order valence-electron chi connectivity index (χ0n) is 13.3. The predicted octanol–water partition coefficient (Wildman–Crippen LogP) is 4.77. The molecule has 0 aliphatic carbocycles. The van der Waals surface area contributed by atoms with Crippen molar-refractivity contribution in [2.45, 2.75) is 6.92 Å². The lowest BCUT2D eigenvalue weighted by Gasteiger charge is -2.09. The van der Waals surface area contributed by atoms with Crippen LogP contribution in [0.1, 0.15) is 23.0 Å². The average Bonchev–Trinajstić information content (AvgIpc) is 2.86. The van der Waals surface area contributed by atoms with Crippen molar-refractivity contribution in [1.29, 1.82) is 0 Å². The molecule has 0 amide bonds. The SMILES string of the molecule is CCOC(=O)n1c(C(=O)c2cccc(Cl)c2)c(N)c2ccc(Cl)cc21. The maximum atomic E-state index is 13.0. The summed E-state index contributed by atoms with van der Waals surface area (Å²) in [5.74, 6) is -0.430. The van der Waals surface area contributed by atoms with Crippen molar-refractivity contribution >= 4 is 51.7 Å². The molecule has 128 valence electrons. The highest BCUT2D eigenvalue weighted by Gasteiger charge is 2.26. The lowest BCUT2D eigenvalue weighted by molar-refractivity contribution is 0.102. The van der Waals surface area contributed by atoms with Gasteiger partial charge in [-0.3, -0.25) is 4.79 Å². The maximum Gasteiger partial charge on any atom is 0.419 e. The fourth-order valence-corrected chi connectivity index (χ4v) is 3.01. The van der Waals surface area contributed by atoms with Gasteiger partial charge in [0.1, 0.15) is 5.69 Å². The number of hydrogen-bond acceptors (Lipinski definition) is 4. The van der Waals surface area contributed by atoms with Crippen LogP contribution in [0.3, 0.4) is 0 Å². The van der Waals surface area contributed by atoms with Crippen LogP contribution in [0.25, 0.3) is 10.9 Å². The Morgan fingerprint density at radius 2 is 1.84 bits per heavy atom. The Bertz CT molecular complexity index is 995. The highest BCUT2D eigenvalue weighted by molar-refractivity contribution is 6.32. The number of ether oxygens (including phenoxy) is 1. The molecule has 3 rings (SSSR count). The van der Waals surface area contributed by atoms with E-state index in [9.17, 15) is 9.59 Å². The number of carbonyl (C=O) groups is 2. The van der Waals surface area contributed by atoms with Crippen LogP contribution < -0.4 is 5.73 Å². The number of ketones is 1. The van der Waals surface area contributed by atoms with Gasteiger partial charge in [-0.25, -0.2) is 9.36 Å². The monoisotopic (exact) mass is 376 g/mol. The molecule has 25 heavy (non-hydrogen) atoms. The van der Waals surface area contributed by atoms with Crippen LogP contribution in [0.5, 0.6) is 0 Å². The van der Waals surface area contributed by atoms with E-state index in [1.54, 1.807) is 43.3 Å². The maximum absolute atomic E-state index is 13.0. The Kier molecular flexibility index (Phi) is 4.70. The molecule has 2 N–H and O–H groups in total. The molecular formula is C18H14Cl2N2O3. The molecule has 5 nitrogen and oxygen atoms in total. The van der Waals surface area contributed by atoms with Crippen molar-refractivity contribution in [1.82, 2.24) is 4.57 Å². The number of halogens is 2. The van der Waals surface area contributed by atoms with Gasteiger partial charge in [-0.15, -0.1) is 0 Å². The van der Waals surface area contributed by atoms with Crippen LogP contribution in [0, 0.1) is 0 Å². The minimum atomic E-state index is -0.697. The molecule has 0 saturated carbocycles. The Balaban J connectivity index is 2.29. The van der Waals surface area contributed by atoms with Crippen molar-refractivity contribution in [2.24, 2.45) is 0 Å². The van der Waals surface area contributed by atoms with Crippen LogP contribution in [0.2, 0.25) is 10.0 Å². The third-order valence-electron chi connectivity index (χ3n) is 3.72. The highest BCUT2D eigenvalue weighted by Crippen LogP contribution is 2.32. The summed E-state index contributed by atoms with van der Waals surface area (Å²) >= 11 is 12.0. The molecule has 0 radical (unpaired) electrons. The molecule has 0 spiro atoms. The number of carbonyl (C=O) groups excluding carboxylic acids is 2. The summed E-state index contributed by atoms with van der Waals surface area (Å²) in [6.07, 6.45) is -0.697. The van der Waals surface area contributed by atoms with Gasteiger partial charge in [-0.1, -0.05) is 35.3 Å². The Labute approximate surface area is 153 Å². The first-order valence-electron chi connectivity index (χ1n) is 7.51. The molecule has 0 saturated heterocycles. The number of nitrogen functional groups attached to an aromatic ring is 1. The van der Waals surface area contributed by atoms with Crippen LogP contribution in [0.15, 0.2) is 42.5 Å². The number of nitrogens with two attached hydrogens (primary N) is 1. The quantitative estimate of drug-likeness (QED) is 0.668. The summed E-state index contributed by atoms with van der Waals surface area (Å²) < 4.78 is 6.24. The topological polar surface area (TPSA) is 74.3 Å². The third kappa shape index (κ3) is 3.08. The summed E-state index contributed by atoms with van der Waals surface area (Å²) in [5, 5.41) is 1.37. The Morgan fingerprint density at radius 3 is 2.52 bits per heavy atom. The van der Waals surface area contributed by atoms with Gasteiger partial charge in [0.25, 0.3) is 0 Å². The van der Waals surface area contributed by atoms with Crippen molar-refractivity contribution < 1.29 is 14.3 Å². The van der Waals surface area contributed by atoms with Gasteiger partial charge >= 0.3 is 6.09 Å². The fraction of sp³-hybridized carbons (Fsp3) is 0.111. The molecule has 1 heterocycles. The van der Waals surface area contributed by atoms with Crippen LogP contribution in [-0.4, -0.2) is 23.1 Å². The van der Waals surface area contributed by atoms with E-state index in [2.05, 4.69) is 0 Å². The Morgan fingerprint density at radius 1 is 1.12 bits per heavy atom. The Hall–Kier alpha value is -2.50. The van der Waals surface area contributed by atoms with Crippen molar-refractivity contribution in [2.75, 3.05) is 12.3 Å². The van der Waals surface area contributed by atoms with Crippen molar-refractivity contribution in [3.63, 3.8) is 0 Å². The number of benzene rings is 2. The first-order chi connectivity index (χ1) is 11.9. The number of rotatable bonds is 3. The predicted molar refractivity (Wildman–Crippen MR) is 98.7 cm³/mol. The van der Waals surface area contributed by atoms with Gasteiger partial charge in [0.05, 0.1) is 17.8 Å². The summed E-state index contributed by atoms with van der Waals surface area (Å²) in [5.41, 5.74) is 7.11. The van der Waals surface area contributed by atoms with Crippen molar-refractivity contribution in [3.8, 4) is 0 Å². The molecule has 7 heteroatoms. The smallest absolute Gasteiger partial charge is 0.419 e. The van der Waals surface area contributed by atoms with Gasteiger partial charge in [-0.2, -0.15) is 0 Å². The number of fused-ring (bicyclic) bond motifs is 1. The normalized spacial score (nSPS) is 10.8. The minimum Gasteiger partial charge on any atom is -0.449 e. The number of aromatic nitrogens is 1. The second kappa shape index (κ2) is 6.78. The number of nitrogens with zero attached hydrogens (tertiary/aromatic N) is 1. The first-order valence-corrected chi connectivity index (χ1v) is 8.26. The van der Waals surface area contributed by atoms with Gasteiger partial charge in [0, 0.05) is 21.0 Å². The van der Waals surface area contributed by atoms with Crippen LogP contribution in [-0.2, 0) is 4.74 Å². The van der Waals surface area contributed by atoms with E-state index in [0.717, 1.165) is 4.57 Å². The molecule has 2 aromatic carbocycles. The van der Waals surface area contributed by atoms with E-state index >= 15 is 0 Å². The van der Waals surface area contributed by atoms with Crippen LogP contribution >= 0.6 is 23.2 Å². The standard InChI is InChI=1S/C18H14Cl2N2O3/c1-2-25-18(24)22-14-9-12(20)6-7-13(14)15(21)16(22)17(23)10-4-3-5-11(19)8-10/h3-9H,2,21H2,1H3. The largest absolute Gasteiger partial charge is 0.449 e. The molecule has 0 aliphatic heterocycles. The molecule has 0 fully saturated rings. The first kappa shape index (κ1) is 17.3. The molecule has 1 aromatic heterocycles. The number of anilines is 1. The minimum absolute atomic E-state index is 0.0259. The second-order valence-corrected chi connectivity index (χ2v) is 6.17. The van der Waals surface area contributed by atoms with E-state index in [1.165, 1.54) is 6.07 Å². The zero-order valence-corrected chi connectivity index (χ0v) is 14.8. The molecule has 0 bridgehead atoms. The van der Waals surface area contributed by atoms with E-state index < -0.39 is 11.9 Å². The molecule has 0 unspecified atom stereocenters. The zero-order chi connectivity index (χ0) is 18.1. The fourth-order valence-electron chi connectivity index (χ4n) is 2.65. The van der Waals surface area contributed by atoms with Gasteiger partial charge < -0.3 is 10.5 Å². The summed E-state index contributed by atoms with van der Waals surface area (Å²) in [7, 11) is 0. The summed E-state index contributed by atoms with van der Waals surface area (Å²) in [6, 6.07) is 11.3. The lowest BCUT2D eigenvalue weighted by atomic mass is 10.1. The molecular weight excluding hydrogens is 363 g/mol. The average molecular weight is 377 g/mol. The van der Waals surface area contributed by atoms with Gasteiger partial charge in [0.15, 0.2) is 0 Å². The summed E-state index contributed by atoms with van der Waals surface area (Å²) in [4.78, 5) is 25.5. The van der Waals surface area contributed by atoms with Gasteiger partial charge in [0.2, 0.25) is 5.78 Å². The molecule has 0 aliphatic rings. The number of hydrogen-bond donors (Lipinski definition) is 1. The lowest BCUT2D eigenvalue weighted by Crippen LogP contribution is -2.20.